The van der Waals surface area contributed by atoms with Crippen molar-refractivity contribution in [2.24, 2.45) is 0 Å². The molecular formula is C37H36FN7O4. The summed E-state index contributed by atoms with van der Waals surface area (Å²) in [7, 11) is 1.52. The Hall–Kier alpha value is -5.30. The zero-order valence-electron chi connectivity index (χ0n) is 27.0. The van der Waals surface area contributed by atoms with E-state index >= 15 is 0 Å². The maximum Gasteiger partial charge on any atom is 0.258 e. The van der Waals surface area contributed by atoms with Crippen LogP contribution >= 0.6 is 0 Å². The number of aromatic amines is 1. The molecule has 0 saturated carbocycles. The Labute approximate surface area is 282 Å². The zero-order valence-corrected chi connectivity index (χ0v) is 27.0. The number of aliphatic hydroxyl groups is 1. The van der Waals surface area contributed by atoms with Crippen LogP contribution < -0.4 is 5.32 Å². The summed E-state index contributed by atoms with van der Waals surface area (Å²) in [5.74, 6) is -0.0845. The quantitative estimate of drug-likeness (QED) is 0.208. The molecule has 2 aliphatic rings. The normalized spacial score (nSPS) is 18.1. The fraction of sp³-hybridized carbons (Fsp3) is 0.270. The number of hydrogen-bond donors (Lipinski definition) is 3. The highest BCUT2D eigenvalue weighted by Crippen LogP contribution is 2.32. The van der Waals surface area contributed by atoms with Gasteiger partial charge < -0.3 is 20.1 Å². The number of fused-ring (bicyclic) bond motifs is 1. The Bertz CT molecular complexity index is 2030. The third-order valence-corrected chi connectivity index (χ3v) is 9.43. The molecule has 7 rings (SSSR count). The van der Waals surface area contributed by atoms with E-state index in [2.05, 4.69) is 43.7 Å². The van der Waals surface area contributed by atoms with Crippen molar-refractivity contribution in [3.8, 4) is 22.6 Å². The van der Waals surface area contributed by atoms with Gasteiger partial charge in [0.1, 0.15) is 5.82 Å². The van der Waals surface area contributed by atoms with Gasteiger partial charge in [-0.15, -0.1) is 0 Å². The molecule has 0 aliphatic carbocycles. The summed E-state index contributed by atoms with van der Waals surface area (Å²) in [4.78, 5) is 39.4. The van der Waals surface area contributed by atoms with Crippen molar-refractivity contribution in [1.82, 2.24) is 30.0 Å². The maximum atomic E-state index is 14.0. The van der Waals surface area contributed by atoms with Crippen LogP contribution in [0.5, 0.6) is 0 Å². The van der Waals surface area contributed by atoms with Crippen LogP contribution in [0.25, 0.3) is 39.1 Å². The number of anilines is 1. The standard InChI is InChI=1S/C37H36FN7O4/c1-49-37(36(48)41-29-8-10-32-30(20-29)34(43-42-32)27-7-9-31(38)28(19-27)22-46)13-18-44(23-37)21-33(47)45-16-11-25(12-17-45)24-3-5-26(6-4-24)35-39-14-2-15-40-35/h2-11,14-15,19-20,46H,12-13,16-18,21-23H2,1H3,(H,41,48)(H,42,43). The summed E-state index contributed by atoms with van der Waals surface area (Å²) in [5, 5.41) is 20.6. The largest absolute Gasteiger partial charge is 0.392 e. The van der Waals surface area contributed by atoms with E-state index in [1.54, 1.807) is 42.7 Å². The summed E-state index contributed by atoms with van der Waals surface area (Å²) >= 11 is 0. The van der Waals surface area contributed by atoms with E-state index in [0.29, 0.717) is 48.8 Å². The summed E-state index contributed by atoms with van der Waals surface area (Å²) in [6, 6.07) is 19.8. The maximum absolute atomic E-state index is 14.0. The first-order chi connectivity index (χ1) is 23.9. The molecule has 1 saturated heterocycles. The fourth-order valence-corrected chi connectivity index (χ4v) is 6.57. The first-order valence-corrected chi connectivity index (χ1v) is 16.2. The molecule has 49 heavy (non-hydrogen) atoms. The molecular weight excluding hydrogens is 625 g/mol. The smallest absolute Gasteiger partial charge is 0.258 e. The minimum atomic E-state index is -1.12. The monoisotopic (exact) mass is 661 g/mol. The van der Waals surface area contributed by atoms with E-state index in [1.807, 2.05) is 28.0 Å². The number of carbonyl (C=O) groups is 2. The van der Waals surface area contributed by atoms with Gasteiger partial charge in [0, 0.05) is 73.4 Å². The van der Waals surface area contributed by atoms with Crippen molar-refractivity contribution in [3.63, 3.8) is 0 Å². The lowest BCUT2D eigenvalue weighted by Crippen LogP contribution is -2.48. The first-order valence-electron chi connectivity index (χ1n) is 16.2. The number of amides is 2. The number of benzene rings is 3. The molecule has 250 valence electrons. The van der Waals surface area contributed by atoms with Gasteiger partial charge in [0.2, 0.25) is 5.91 Å². The number of aliphatic hydroxyl groups excluding tert-OH is 1. The van der Waals surface area contributed by atoms with Gasteiger partial charge in [0.05, 0.1) is 24.4 Å². The molecule has 2 aliphatic heterocycles. The second-order valence-electron chi connectivity index (χ2n) is 12.4. The summed E-state index contributed by atoms with van der Waals surface area (Å²) in [5.41, 5.74) is 4.84. The lowest BCUT2D eigenvalue weighted by Gasteiger charge is -2.30. The Balaban J connectivity index is 0.968. The predicted octanol–water partition coefficient (Wildman–Crippen LogP) is 4.66. The van der Waals surface area contributed by atoms with Crippen molar-refractivity contribution in [2.75, 3.05) is 45.2 Å². The van der Waals surface area contributed by atoms with Gasteiger partial charge in [-0.3, -0.25) is 19.6 Å². The molecule has 1 atom stereocenters. The van der Waals surface area contributed by atoms with Crippen LogP contribution in [0.15, 0.2) is 85.2 Å². The average molecular weight is 662 g/mol. The van der Waals surface area contributed by atoms with Gasteiger partial charge in [-0.05, 0) is 66.4 Å². The van der Waals surface area contributed by atoms with E-state index in [0.717, 1.165) is 28.5 Å². The third-order valence-electron chi connectivity index (χ3n) is 9.43. The minimum Gasteiger partial charge on any atom is -0.392 e. The topological polar surface area (TPSA) is 137 Å². The lowest BCUT2D eigenvalue weighted by molar-refractivity contribution is -0.138. The lowest BCUT2D eigenvalue weighted by atomic mass is 9.98. The average Bonchev–Trinajstić information content (AvgIpc) is 3.77. The van der Waals surface area contributed by atoms with Gasteiger partial charge in [0.15, 0.2) is 11.4 Å². The van der Waals surface area contributed by atoms with Crippen LogP contribution in [0.3, 0.4) is 0 Å². The number of ether oxygens (including phenoxy) is 1. The molecule has 2 amide bonds. The van der Waals surface area contributed by atoms with Crippen LogP contribution in [-0.2, 0) is 20.9 Å². The number of carbonyl (C=O) groups excluding carboxylic acids is 2. The van der Waals surface area contributed by atoms with Crippen LogP contribution in [0, 0.1) is 5.82 Å². The molecule has 2 aromatic heterocycles. The predicted molar refractivity (Wildman–Crippen MR) is 183 cm³/mol. The molecule has 5 aromatic rings. The number of H-pyrrole nitrogens is 1. The SMILES string of the molecule is COC1(C(=O)Nc2ccc3[nH]nc(-c4ccc(F)c(CO)c4)c3c2)CCN(CC(=O)N2CC=C(c3ccc(-c4ncccn4)cc3)CC2)C1. The number of likely N-dealkylation sites (tertiary alicyclic amines) is 1. The molecule has 3 N–H and O–H groups in total. The van der Waals surface area contributed by atoms with E-state index in [9.17, 15) is 19.1 Å². The highest BCUT2D eigenvalue weighted by atomic mass is 19.1. The second kappa shape index (κ2) is 13.7. The molecule has 0 bridgehead atoms. The molecule has 1 unspecified atom stereocenters. The summed E-state index contributed by atoms with van der Waals surface area (Å²) < 4.78 is 19.8. The number of nitrogens with zero attached hydrogens (tertiary/aromatic N) is 5. The molecule has 3 aromatic carbocycles. The van der Waals surface area contributed by atoms with Crippen molar-refractivity contribution in [3.05, 3.63) is 102 Å². The number of hydrogen-bond acceptors (Lipinski definition) is 8. The fourth-order valence-electron chi connectivity index (χ4n) is 6.57. The van der Waals surface area contributed by atoms with Crippen molar-refractivity contribution in [1.29, 1.82) is 0 Å². The van der Waals surface area contributed by atoms with E-state index in [1.165, 1.54) is 18.7 Å². The molecule has 0 spiro atoms. The van der Waals surface area contributed by atoms with Crippen LogP contribution in [-0.4, -0.2) is 92.3 Å². The minimum absolute atomic E-state index is 0.0160. The van der Waals surface area contributed by atoms with Crippen LogP contribution in [0.2, 0.25) is 0 Å². The first kappa shape index (κ1) is 32.3. The molecule has 1 fully saturated rings. The number of halogens is 1. The van der Waals surface area contributed by atoms with Crippen molar-refractivity contribution < 1.29 is 23.8 Å². The summed E-state index contributed by atoms with van der Waals surface area (Å²) in [6.45, 7) is 1.75. The van der Waals surface area contributed by atoms with Crippen molar-refractivity contribution in [2.45, 2.75) is 25.0 Å². The number of rotatable bonds is 9. The van der Waals surface area contributed by atoms with Crippen LogP contribution in [0.4, 0.5) is 10.1 Å². The van der Waals surface area contributed by atoms with Crippen molar-refractivity contribution >= 4 is 34.0 Å². The van der Waals surface area contributed by atoms with Gasteiger partial charge >= 0.3 is 0 Å². The third kappa shape index (κ3) is 6.58. The summed E-state index contributed by atoms with van der Waals surface area (Å²) in [6.07, 6.45) is 6.75. The Morgan fingerprint density at radius 3 is 2.53 bits per heavy atom. The number of methoxy groups -OCH3 is 1. The number of nitrogens with one attached hydrogen (secondary N) is 2. The number of aromatic nitrogens is 4. The van der Waals surface area contributed by atoms with Gasteiger partial charge in [-0.2, -0.15) is 5.10 Å². The molecule has 11 nitrogen and oxygen atoms in total. The Morgan fingerprint density at radius 2 is 1.80 bits per heavy atom. The van der Waals surface area contributed by atoms with Gasteiger partial charge in [-0.25, -0.2) is 14.4 Å². The second-order valence-corrected chi connectivity index (χ2v) is 12.4. The zero-order chi connectivity index (χ0) is 34.0. The van der Waals surface area contributed by atoms with E-state index in [-0.39, 0.29) is 30.5 Å². The van der Waals surface area contributed by atoms with Gasteiger partial charge in [0.25, 0.3) is 5.91 Å². The van der Waals surface area contributed by atoms with E-state index < -0.39 is 18.0 Å². The van der Waals surface area contributed by atoms with Gasteiger partial charge in [-0.1, -0.05) is 30.3 Å². The molecule has 12 heteroatoms. The molecule has 0 radical (unpaired) electrons. The van der Waals surface area contributed by atoms with E-state index in [4.69, 9.17) is 4.74 Å². The van der Waals surface area contributed by atoms with Crippen LogP contribution in [0.1, 0.15) is 24.0 Å². The Kier molecular flexibility index (Phi) is 9.00. The Morgan fingerprint density at radius 1 is 1.02 bits per heavy atom. The molecule has 4 heterocycles. The highest BCUT2D eigenvalue weighted by Gasteiger charge is 2.45. The highest BCUT2D eigenvalue weighted by molar-refractivity contribution is 6.01.